The standard InChI is InChI=1S/C13H15F2NO3/c14-9-1-2-12(15)11(5-9)13(18)6-16-3-4-19-8-10(16)7-17/h1-2,5,10,17H,3-4,6-8H2. The fraction of sp³-hybridized carbons (Fsp3) is 0.462. The molecule has 1 unspecified atom stereocenters. The van der Waals surface area contributed by atoms with E-state index in [1.165, 1.54) is 0 Å². The quantitative estimate of drug-likeness (QED) is 0.825. The molecular weight excluding hydrogens is 256 g/mol. The third-order valence-corrected chi connectivity index (χ3v) is 3.14. The van der Waals surface area contributed by atoms with Gasteiger partial charge in [0.05, 0.1) is 38.0 Å². The van der Waals surface area contributed by atoms with Crippen molar-refractivity contribution in [3.05, 3.63) is 35.4 Å². The molecule has 0 bridgehead atoms. The number of benzene rings is 1. The average molecular weight is 271 g/mol. The van der Waals surface area contributed by atoms with Gasteiger partial charge in [0.25, 0.3) is 0 Å². The first-order valence-electron chi connectivity index (χ1n) is 6.02. The van der Waals surface area contributed by atoms with Gasteiger partial charge in [0.1, 0.15) is 11.6 Å². The first-order chi connectivity index (χ1) is 9.11. The van der Waals surface area contributed by atoms with Crippen molar-refractivity contribution in [3.8, 4) is 0 Å². The van der Waals surface area contributed by atoms with Gasteiger partial charge >= 0.3 is 0 Å². The van der Waals surface area contributed by atoms with E-state index in [-0.39, 0.29) is 24.8 Å². The Morgan fingerprint density at radius 3 is 3.00 bits per heavy atom. The van der Waals surface area contributed by atoms with Crippen LogP contribution >= 0.6 is 0 Å². The van der Waals surface area contributed by atoms with E-state index in [4.69, 9.17) is 4.74 Å². The smallest absolute Gasteiger partial charge is 0.179 e. The Morgan fingerprint density at radius 2 is 2.26 bits per heavy atom. The predicted octanol–water partition coefficient (Wildman–Crippen LogP) is 0.841. The zero-order chi connectivity index (χ0) is 13.8. The largest absolute Gasteiger partial charge is 0.395 e. The molecule has 4 nitrogen and oxygen atoms in total. The number of hydrogen-bond donors (Lipinski definition) is 1. The number of halogens is 2. The van der Waals surface area contributed by atoms with Gasteiger partial charge in [-0.25, -0.2) is 8.78 Å². The summed E-state index contributed by atoms with van der Waals surface area (Å²) in [6.45, 7) is 1.06. The molecule has 1 aliphatic heterocycles. The summed E-state index contributed by atoms with van der Waals surface area (Å²) in [5.41, 5.74) is -0.261. The number of carbonyl (C=O) groups excluding carboxylic acids is 1. The molecule has 104 valence electrons. The Kier molecular flexibility index (Phi) is 4.57. The average Bonchev–Trinajstić information content (AvgIpc) is 2.42. The molecule has 6 heteroatoms. The van der Waals surface area contributed by atoms with Gasteiger partial charge in [-0.05, 0) is 18.2 Å². The summed E-state index contributed by atoms with van der Waals surface area (Å²) in [6, 6.07) is 2.52. The van der Waals surface area contributed by atoms with Crippen molar-refractivity contribution in [1.29, 1.82) is 0 Å². The second-order valence-corrected chi connectivity index (χ2v) is 4.43. The summed E-state index contributed by atoms with van der Waals surface area (Å²) in [5.74, 6) is -1.89. The summed E-state index contributed by atoms with van der Waals surface area (Å²) in [7, 11) is 0. The van der Waals surface area contributed by atoms with Crippen LogP contribution in [-0.4, -0.2) is 54.7 Å². The third kappa shape index (κ3) is 3.34. The zero-order valence-electron chi connectivity index (χ0n) is 10.3. The van der Waals surface area contributed by atoms with Gasteiger partial charge in [-0.3, -0.25) is 9.69 Å². The number of morpholine rings is 1. The van der Waals surface area contributed by atoms with E-state index in [1.54, 1.807) is 4.90 Å². The van der Waals surface area contributed by atoms with E-state index < -0.39 is 17.4 Å². The van der Waals surface area contributed by atoms with E-state index in [2.05, 4.69) is 0 Å². The number of Topliss-reactive ketones (excluding diaryl/α,β-unsaturated/α-hetero) is 1. The molecule has 1 saturated heterocycles. The van der Waals surface area contributed by atoms with Gasteiger partial charge in [-0.1, -0.05) is 0 Å². The second-order valence-electron chi connectivity index (χ2n) is 4.43. The summed E-state index contributed by atoms with van der Waals surface area (Å²) in [4.78, 5) is 13.7. The highest BCUT2D eigenvalue weighted by atomic mass is 19.1. The molecule has 1 N–H and O–H groups in total. The Labute approximate surface area is 109 Å². The monoisotopic (exact) mass is 271 g/mol. The van der Waals surface area contributed by atoms with Crippen LogP contribution in [0.1, 0.15) is 10.4 Å². The van der Waals surface area contributed by atoms with Crippen LogP contribution in [0, 0.1) is 11.6 Å². The minimum Gasteiger partial charge on any atom is -0.395 e. The highest BCUT2D eigenvalue weighted by molar-refractivity contribution is 5.97. The normalized spacial score (nSPS) is 20.5. The predicted molar refractivity (Wildman–Crippen MR) is 64.0 cm³/mol. The fourth-order valence-corrected chi connectivity index (χ4v) is 2.05. The lowest BCUT2D eigenvalue weighted by molar-refractivity contribution is -0.0240. The Morgan fingerprint density at radius 1 is 1.47 bits per heavy atom. The summed E-state index contributed by atoms with van der Waals surface area (Å²) < 4.78 is 31.7. The SMILES string of the molecule is O=C(CN1CCOCC1CO)c1cc(F)ccc1F. The highest BCUT2D eigenvalue weighted by Crippen LogP contribution is 2.13. The summed E-state index contributed by atoms with van der Waals surface area (Å²) in [6.07, 6.45) is 0. The minimum atomic E-state index is -0.736. The van der Waals surface area contributed by atoms with Crippen LogP contribution < -0.4 is 0 Å². The van der Waals surface area contributed by atoms with Gasteiger partial charge in [0.15, 0.2) is 5.78 Å². The first kappa shape index (κ1) is 14.0. The minimum absolute atomic E-state index is 0.0606. The lowest BCUT2D eigenvalue weighted by Crippen LogP contribution is -2.49. The molecule has 1 atom stereocenters. The number of aliphatic hydroxyl groups is 1. The Hall–Kier alpha value is -1.37. The topological polar surface area (TPSA) is 49.8 Å². The van der Waals surface area contributed by atoms with Crippen LogP contribution in [0.25, 0.3) is 0 Å². The lowest BCUT2D eigenvalue weighted by atomic mass is 10.1. The molecule has 0 aromatic heterocycles. The number of nitrogens with zero attached hydrogens (tertiary/aromatic N) is 1. The number of ether oxygens (including phenoxy) is 1. The molecule has 0 aliphatic carbocycles. The van der Waals surface area contributed by atoms with Gasteiger partial charge in [0, 0.05) is 6.54 Å². The van der Waals surface area contributed by atoms with Gasteiger partial charge < -0.3 is 9.84 Å². The molecular formula is C13H15F2NO3. The third-order valence-electron chi connectivity index (χ3n) is 3.14. The van der Waals surface area contributed by atoms with Crippen molar-refractivity contribution in [2.75, 3.05) is 32.9 Å². The van der Waals surface area contributed by atoms with Gasteiger partial charge in [-0.2, -0.15) is 0 Å². The van der Waals surface area contributed by atoms with Crippen LogP contribution in [0.4, 0.5) is 8.78 Å². The van der Waals surface area contributed by atoms with Crippen molar-refractivity contribution in [3.63, 3.8) is 0 Å². The van der Waals surface area contributed by atoms with Gasteiger partial charge in [0.2, 0.25) is 0 Å². The van der Waals surface area contributed by atoms with Crippen molar-refractivity contribution in [2.45, 2.75) is 6.04 Å². The van der Waals surface area contributed by atoms with E-state index >= 15 is 0 Å². The fourth-order valence-electron chi connectivity index (χ4n) is 2.05. The molecule has 1 fully saturated rings. The number of rotatable bonds is 4. The second kappa shape index (κ2) is 6.18. The summed E-state index contributed by atoms with van der Waals surface area (Å²) >= 11 is 0. The maximum absolute atomic E-state index is 13.5. The molecule has 19 heavy (non-hydrogen) atoms. The Bertz CT molecular complexity index is 467. The molecule has 0 saturated carbocycles. The first-order valence-corrected chi connectivity index (χ1v) is 6.02. The van der Waals surface area contributed by atoms with Crippen LogP contribution in [0.5, 0.6) is 0 Å². The van der Waals surface area contributed by atoms with Crippen molar-refractivity contribution >= 4 is 5.78 Å². The molecule has 0 spiro atoms. The molecule has 2 rings (SSSR count). The summed E-state index contributed by atoms with van der Waals surface area (Å²) in [5, 5.41) is 9.18. The molecule has 1 heterocycles. The lowest BCUT2D eigenvalue weighted by Gasteiger charge is -2.33. The van der Waals surface area contributed by atoms with Crippen molar-refractivity contribution in [2.24, 2.45) is 0 Å². The van der Waals surface area contributed by atoms with Crippen molar-refractivity contribution < 1.29 is 23.4 Å². The van der Waals surface area contributed by atoms with E-state index in [0.29, 0.717) is 19.8 Å². The van der Waals surface area contributed by atoms with E-state index in [0.717, 1.165) is 18.2 Å². The molecule has 0 radical (unpaired) electrons. The van der Waals surface area contributed by atoms with Crippen LogP contribution in [0.2, 0.25) is 0 Å². The number of hydrogen-bond acceptors (Lipinski definition) is 4. The highest BCUT2D eigenvalue weighted by Gasteiger charge is 2.25. The van der Waals surface area contributed by atoms with E-state index in [1.807, 2.05) is 0 Å². The van der Waals surface area contributed by atoms with E-state index in [9.17, 15) is 18.7 Å². The van der Waals surface area contributed by atoms with Gasteiger partial charge in [-0.15, -0.1) is 0 Å². The van der Waals surface area contributed by atoms with Crippen LogP contribution in [0.15, 0.2) is 18.2 Å². The molecule has 0 amide bonds. The number of aliphatic hydroxyl groups excluding tert-OH is 1. The maximum Gasteiger partial charge on any atom is 0.179 e. The maximum atomic E-state index is 13.5. The van der Waals surface area contributed by atoms with Crippen molar-refractivity contribution in [1.82, 2.24) is 4.90 Å². The Balaban J connectivity index is 2.09. The molecule has 1 aromatic carbocycles. The van der Waals surface area contributed by atoms with Crippen LogP contribution in [0.3, 0.4) is 0 Å². The van der Waals surface area contributed by atoms with Crippen LogP contribution in [-0.2, 0) is 4.74 Å². The molecule has 1 aromatic rings. The zero-order valence-corrected chi connectivity index (χ0v) is 10.3. The number of ketones is 1. The number of carbonyl (C=O) groups is 1. The molecule has 1 aliphatic rings.